The average Bonchev–Trinajstić information content (AvgIpc) is 2.95. The molecule has 0 saturated heterocycles. The van der Waals surface area contributed by atoms with Crippen molar-refractivity contribution in [2.24, 2.45) is 0 Å². The molecule has 0 bridgehead atoms. The van der Waals surface area contributed by atoms with Crippen molar-refractivity contribution in [1.82, 2.24) is 15.1 Å². The molecule has 6 heteroatoms. The van der Waals surface area contributed by atoms with Crippen molar-refractivity contribution in [2.75, 3.05) is 11.9 Å². The van der Waals surface area contributed by atoms with Gasteiger partial charge in [-0.3, -0.25) is 10.00 Å². The molecule has 0 aliphatic rings. The maximum Gasteiger partial charge on any atom is 0.320 e. The minimum absolute atomic E-state index is 0.0463. The second-order valence-corrected chi connectivity index (χ2v) is 5.28. The van der Waals surface area contributed by atoms with Crippen LogP contribution in [0.4, 0.5) is 10.6 Å². The molecule has 1 unspecified atom stereocenters. The molecule has 1 heterocycles. The Kier molecular flexibility index (Phi) is 5.55. The third-order valence-electron chi connectivity index (χ3n) is 3.47. The highest BCUT2D eigenvalue weighted by atomic mass is 16.3. The highest BCUT2D eigenvalue weighted by Gasteiger charge is 2.11. The molecule has 6 nitrogen and oxygen atoms in total. The second kappa shape index (κ2) is 7.61. The molecule has 0 radical (unpaired) electrons. The van der Waals surface area contributed by atoms with E-state index in [1.54, 1.807) is 6.07 Å². The van der Waals surface area contributed by atoms with Crippen molar-refractivity contribution >= 4 is 11.8 Å². The Balaban J connectivity index is 1.95. The minimum atomic E-state index is -0.321. The first kappa shape index (κ1) is 16.0. The summed E-state index contributed by atoms with van der Waals surface area (Å²) in [6, 6.07) is 11.5. The van der Waals surface area contributed by atoms with E-state index in [0.29, 0.717) is 12.2 Å². The highest BCUT2D eigenvalue weighted by Crippen LogP contribution is 2.17. The van der Waals surface area contributed by atoms with Crippen molar-refractivity contribution in [3.05, 3.63) is 48.2 Å². The summed E-state index contributed by atoms with van der Waals surface area (Å²) in [6.07, 6.45) is 2.36. The first-order valence-corrected chi connectivity index (χ1v) is 7.38. The van der Waals surface area contributed by atoms with Gasteiger partial charge in [0.15, 0.2) is 5.82 Å². The summed E-state index contributed by atoms with van der Waals surface area (Å²) < 4.78 is 1.81. The van der Waals surface area contributed by atoms with Crippen molar-refractivity contribution in [1.29, 1.82) is 0 Å². The van der Waals surface area contributed by atoms with E-state index >= 15 is 0 Å². The van der Waals surface area contributed by atoms with Crippen molar-refractivity contribution < 1.29 is 9.90 Å². The van der Waals surface area contributed by atoms with Crippen LogP contribution in [0.1, 0.15) is 31.9 Å². The Labute approximate surface area is 130 Å². The third kappa shape index (κ3) is 4.33. The average molecular weight is 302 g/mol. The van der Waals surface area contributed by atoms with Crippen molar-refractivity contribution in [2.45, 2.75) is 32.4 Å². The number of anilines is 1. The summed E-state index contributed by atoms with van der Waals surface area (Å²) >= 11 is 0. The summed E-state index contributed by atoms with van der Waals surface area (Å²) in [4.78, 5) is 11.8. The van der Waals surface area contributed by atoms with E-state index in [9.17, 15) is 4.79 Å². The Morgan fingerprint density at radius 2 is 2.00 bits per heavy atom. The summed E-state index contributed by atoms with van der Waals surface area (Å²) in [5.74, 6) is 0.497. The maximum atomic E-state index is 11.8. The fourth-order valence-electron chi connectivity index (χ4n) is 2.15. The number of aliphatic hydroxyl groups is 1. The molecule has 2 atom stereocenters. The number of aromatic nitrogens is 2. The van der Waals surface area contributed by atoms with Crippen molar-refractivity contribution in [3.63, 3.8) is 0 Å². The summed E-state index contributed by atoms with van der Waals surface area (Å²) in [5.41, 5.74) is 1.15. The number of nitrogens with zero attached hydrogens (tertiary/aromatic N) is 2. The fraction of sp³-hybridized carbons (Fsp3) is 0.375. The van der Waals surface area contributed by atoms with Crippen LogP contribution in [0.2, 0.25) is 0 Å². The minimum Gasteiger partial charge on any atom is -0.396 e. The van der Waals surface area contributed by atoms with Gasteiger partial charge in [-0.2, -0.15) is 5.10 Å². The predicted octanol–water partition coefficient (Wildman–Crippen LogP) is 2.38. The van der Waals surface area contributed by atoms with E-state index in [-0.39, 0.29) is 24.7 Å². The van der Waals surface area contributed by atoms with Crippen LogP contribution < -0.4 is 10.6 Å². The van der Waals surface area contributed by atoms with Gasteiger partial charge in [0.25, 0.3) is 0 Å². The lowest BCUT2D eigenvalue weighted by atomic mass is 10.1. The van der Waals surface area contributed by atoms with Gasteiger partial charge in [-0.25, -0.2) is 4.79 Å². The van der Waals surface area contributed by atoms with Crippen LogP contribution in [0.15, 0.2) is 42.6 Å². The lowest BCUT2D eigenvalue weighted by Crippen LogP contribution is -2.36. The van der Waals surface area contributed by atoms with E-state index in [1.807, 2.05) is 48.1 Å². The van der Waals surface area contributed by atoms with E-state index in [4.69, 9.17) is 5.11 Å². The molecule has 0 aliphatic heterocycles. The van der Waals surface area contributed by atoms with Gasteiger partial charge in [0, 0.05) is 24.9 Å². The van der Waals surface area contributed by atoms with Crippen LogP contribution in [0.5, 0.6) is 0 Å². The number of urea groups is 1. The zero-order chi connectivity index (χ0) is 15.9. The summed E-state index contributed by atoms with van der Waals surface area (Å²) in [6.45, 7) is 3.94. The van der Waals surface area contributed by atoms with Gasteiger partial charge in [0.05, 0.1) is 6.04 Å². The SMILES string of the molecule is CC(c1ccccc1)n1ccc(NC(=O)N[C@H](C)CCO)n1. The van der Waals surface area contributed by atoms with Gasteiger partial charge in [-0.05, 0) is 25.8 Å². The smallest absolute Gasteiger partial charge is 0.320 e. The number of hydrogen-bond acceptors (Lipinski definition) is 3. The Morgan fingerprint density at radius 3 is 2.68 bits per heavy atom. The number of hydrogen-bond donors (Lipinski definition) is 3. The summed E-state index contributed by atoms with van der Waals surface area (Å²) in [7, 11) is 0. The van der Waals surface area contributed by atoms with E-state index in [0.717, 1.165) is 5.56 Å². The van der Waals surface area contributed by atoms with Gasteiger partial charge in [0.1, 0.15) is 0 Å². The molecule has 0 aliphatic carbocycles. The third-order valence-corrected chi connectivity index (χ3v) is 3.47. The topological polar surface area (TPSA) is 79.2 Å². The van der Waals surface area contributed by atoms with Crippen LogP contribution in [-0.4, -0.2) is 33.6 Å². The van der Waals surface area contributed by atoms with Crippen LogP contribution in [0.3, 0.4) is 0 Å². The molecule has 0 saturated carbocycles. The predicted molar refractivity (Wildman–Crippen MR) is 85.8 cm³/mol. The van der Waals surface area contributed by atoms with E-state index in [1.165, 1.54) is 0 Å². The van der Waals surface area contributed by atoms with Gasteiger partial charge >= 0.3 is 6.03 Å². The van der Waals surface area contributed by atoms with Gasteiger partial charge in [-0.1, -0.05) is 30.3 Å². The van der Waals surface area contributed by atoms with Crippen LogP contribution in [-0.2, 0) is 0 Å². The first-order chi connectivity index (χ1) is 10.6. The molecular weight excluding hydrogens is 280 g/mol. The second-order valence-electron chi connectivity index (χ2n) is 5.28. The lowest BCUT2D eigenvalue weighted by Gasteiger charge is -2.13. The van der Waals surface area contributed by atoms with Crippen LogP contribution in [0, 0.1) is 0 Å². The Morgan fingerprint density at radius 1 is 1.27 bits per heavy atom. The number of carbonyl (C=O) groups is 1. The highest BCUT2D eigenvalue weighted by molar-refractivity contribution is 5.88. The van der Waals surface area contributed by atoms with Gasteiger partial charge in [0.2, 0.25) is 0 Å². The van der Waals surface area contributed by atoms with Crippen LogP contribution in [0.25, 0.3) is 0 Å². The molecule has 1 aromatic heterocycles. The number of rotatable bonds is 6. The number of aliphatic hydroxyl groups excluding tert-OH is 1. The molecule has 2 rings (SSSR count). The lowest BCUT2D eigenvalue weighted by molar-refractivity contribution is 0.241. The number of benzene rings is 1. The zero-order valence-corrected chi connectivity index (χ0v) is 12.9. The first-order valence-electron chi connectivity index (χ1n) is 7.38. The number of amides is 2. The largest absolute Gasteiger partial charge is 0.396 e. The van der Waals surface area contributed by atoms with Crippen molar-refractivity contribution in [3.8, 4) is 0 Å². The zero-order valence-electron chi connectivity index (χ0n) is 12.9. The Bertz CT molecular complexity index is 597. The molecule has 0 spiro atoms. The normalized spacial score (nSPS) is 13.4. The Hall–Kier alpha value is -2.34. The molecule has 2 aromatic rings. The molecule has 118 valence electrons. The molecule has 0 fully saturated rings. The van der Waals surface area contributed by atoms with Gasteiger partial charge in [-0.15, -0.1) is 0 Å². The molecule has 1 aromatic carbocycles. The molecule has 22 heavy (non-hydrogen) atoms. The standard InChI is InChI=1S/C16H22N4O2/c1-12(9-11-21)17-16(22)18-15-8-10-20(19-15)13(2)14-6-4-3-5-7-14/h3-8,10,12-13,21H,9,11H2,1-2H3,(H2,17,18,19,22)/t12-,13?/m1/s1. The van der Waals surface area contributed by atoms with E-state index < -0.39 is 0 Å². The summed E-state index contributed by atoms with van der Waals surface area (Å²) in [5, 5.41) is 18.6. The molecule has 3 N–H and O–H groups in total. The number of nitrogens with one attached hydrogen (secondary N) is 2. The maximum absolute atomic E-state index is 11.8. The quantitative estimate of drug-likeness (QED) is 0.766. The monoisotopic (exact) mass is 302 g/mol. The molecular formula is C16H22N4O2. The molecule has 2 amide bonds. The number of carbonyl (C=O) groups excluding carboxylic acids is 1. The van der Waals surface area contributed by atoms with Gasteiger partial charge < -0.3 is 10.4 Å². The van der Waals surface area contributed by atoms with Crippen LogP contribution >= 0.6 is 0 Å². The fourth-order valence-corrected chi connectivity index (χ4v) is 2.15. The van der Waals surface area contributed by atoms with E-state index in [2.05, 4.69) is 22.7 Å².